The number of halogens is 4. The van der Waals surface area contributed by atoms with E-state index >= 15 is 0 Å². The summed E-state index contributed by atoms with van der Waals surface area (Å²) in [6, 6.07) is 7.47. The normalized spacial score (nSPS) is 12.1. The molecule has 6 heteroatoms. The van der Waals surface area contributed by atoms with E-state index in [9.17, 15) is 4.39 Å². The first kappa shape index (κ1) is 16.2. The van der Waals surface area contributed by atoms with Crippen molar-refractivity contribution in [3.8, 4) is 11.5 Å². The summed E-state index contributed by atoms with van der Waals surface area (Å²) in [5.41, 5.74) is 1.19. The maximum atomic E-state index is 13.1. The van der Waals surface area contributed by atoms with Crippen LogP contribution in [-0.2, 0) is 0 Å². The molecule has 2 aromatic rings. The highest BCUT2D eigenvalue weighted by Crippen LogP contribution is 2.44. The summed E-state index contributed by atoms with van der Waals surface area (Å²) in [4.78, 5) is 0. The average Bonchev–Trinajstić information content (AvgIpc) is 2.46. The fraction of sp³-hybridized carbons (Fsp3) is 0.200. The van der Waals surface area contributed by atoms with Crippen molar-refractivity contribution in [3.05, 3.63) is 57.3 Å². The molecule has 0 saturated heterocycles. The van der Waals surface area contributed by atoms with Crippen LogP contribution in [0.1, 0.15) is 16.5 Å². The molecule has 2 nitrogen and oxygen atoms in total. The van der Waals surface area contributed by atoms with Gasteiger partial charge in [-0.25, -0.2) is 4.39 Å². The van der Waals surface area contributed by atoms with Crippen LogP contribution in [0.3, 0.4) is 0 Å². The number of rotatable bonds is 4. The van der Waals surface area contributed by atoms with Crippen molar-refractivity contribution >= 4 is 34.8 Å². The Kier molecular flexibility index (Phi) is 5.20. The molecule has 21 heavy (non-hydrogen) atoms. The van der Waals surface area contributed by atoms with Crippen LogP contribution in [0, 0.1) is 5.82 Å². The van der Waals surface area contributed by atoms with Crippen LogP contribution in [-0.4, -0.2) is 14.2 Å². The number of alkyl halides is 1. The molecule has 2 rings (SSSR count). The molecule has 0 amide bonds. The van der Waals surface area contributed by atoms with Gasteiger partial charge in [-0.3, -0.25) is 0 Å². The van der Waals surface area contributed by atoms with Gasteiger partial charge in [0.05, 0.1) is 19.6 Å². The summed E-state index contributed by atoms with van der Waals surface area (Å²) in [7, 11) is 3.00. The second-order valence-electron chi connectivity index (χ2n) is 4.23. The lowest BCUT2D eigenvalue weighted by Crippen LogP contribution is -2.00. The number of hydrogen-bond donors (Lipinski definition) is 0. The zero-order valence-electron chi connectivity index (χ0n) is 11.3. The van der Waals surface area contributed by atoms with Gasteiger partial charge in [-0.2, -0.15) is 0 Å². The zero-order chi connectivity index (χ0) is 15.6. The highest BCUT2D eigenvalue weighted by molar-refractivity contribution is 6.34. The van der Waals surface area contributed by atoms with Gasteiger partial charge in [0.15, 0.2) is 0 Å². The molecular weight excluding hydrogens is 338 g/mol. The molecule has 2 aromatic carbocycles. The number of hydrogen-bond acceptors (Lipinski definition) is 2. The first-order valence-electron chi connectivity index (χ1n) is 5.99. The van der Waals surface area contributed by atoms with E-state index in [4.69, 9.17) is 44.3 Å². The monoisotopic (exact) mass is 348 g/mol. The maximum Gasteiger partial charge on any atom is 0.146 e. The Bertz CT molecular complexity index is 662. The van der Waals surface area contributed by atoms with Gasteiger partial charge >= 0.3 is 0 Å². The Morgan fingerprint density at radius 1 is 1.00 bits per heavy atom. The van der Waals surface area contributed by atoms with Gasteiger partial charge in [0.2, 0.25) is 0 Å². The Morgan fingerprint density at radius 3 is 2.24 bits per heavy atom. The molecule has 0 heterocycles. The van der Waals surface area contributed by atoms with E-state index in [0.29, 0.717) is 27.6 Å². The highest BCUT2D eigenvalue weighted by atomic mass is 35.5. The molecule has 1 unspecified atom stereocenters. The van der Waals surface area contributed by atoms with Crippen molar-refractivity contribution in [2.24, 2.45) is 0 Å². The third-order valence-corrected chi connectivity index (χ3v) is 4.18. The van der Waals surface area contributed by atoms with Gasteiger partial charge in [-0.1, -0.05) is 29.3 Å². The molecule has 0 aromatic heterocycles. The van der Waals surface area contributed by atoms with Crippen molar-refractivity contribution < 1.29 is 13.9 Å². The van der Waals surface area contributed by atoms with Crippen LogP contribution in [0.2, 0.25) is 10.0 Å². The second-order valence-corrected chi connectivity index (χ2v) is 5.45. The minimum atomic E-state index is -0.628. The van der Waals surface area contributed by atoms with Gasteiger partial charge in [-0.15, -0.1) is 11.6 Å². The van der Waals surface area contributed by atoms with Crippen LogP contribution in [0.15, 0.2) is 30.3 Å². The molecule has 112 valence electrons. The summed E-state index contributed by atoms with van der Waals surface area (Å²) in [5, 5.41) is -0.0677. The van der Waals surface area contributed by atoms with E-state index in [0.717, 1.165) is 0 Å². The maximum absolute atomic E-state index is 13.1. The molecule has 0 spiro atoms. The molecule has 0 fully saturated rings. The molecule has 0 aliphatic heterocycles. The predicted octanol–water partition coefficient (Wildman–Crippen LogP) is 5.48. The second kappa shape index (κ2) is 6.73. The Labute approximate surface area is 137 Å². The van der Waals surface area contributed by atoms with Crippen molar-refractivity contribution in [3.63, 3.8) is 0 Å². The van der Waals surface area contributed by atoms with Crippen molar-refractivity contribution in [1.29, 1.82) is 0 Å². The average molecular weight is 350 g/mol. The molecule has 0 bridgehead atoms. The smallest absolute Gasteiger partial charge is 0.146 e. The van der Waals surface area contributed by atoms with Crippen LogP contribution in [0.5, 0.6) is 11.5 Å². The van der Waals surface area contributed by atoms with Crippen molar-refractivity contribution in [1.82, 2.24) is 0 Å². The van der Waals surface area contributed by atoms with Gasteiger partial charge in [0, 0.05) is 10.6 Å². The molecule has 0 radical (unpaired) electrons. The fourth-order valence-corrected chi connectivity index (χ4v) is 3.01. The van der Waals surface area contributed by atoms with Gasteiger partial charge in [0.1, 0.15) is 22.3 Å². The van der Waals surface area contributed by atoms with E-state index in [-0.39, 0.29) is 5.02 Å². The Balaban J connectivity index is 2.52. The van der Waals surface area contributed by atoms with E-state index < -0.39 is 11.2 Å². The molecule has 0 N–H and O–H groups in total. The predicted molar refractivity (Wildman–Crippen MR) is 83.7 cm³/mol. The lowest BCUT2D eigenvalue weighted by molar-refractivity contribution is 0.392. The van der Waals surface area contributed by atoms with Crippen LogP contribution >= 0.6 is 34.8 Å². The van der Waals surface area contributed by atoms with Gasteiger partial charge in [0.25, 0.3) is 0 Å². The molecule has 0 aliphatic carbocycles. The summed E-state index contributed by atoms with van der Waals surface area (Å²) in [6.07, 6.45) is 0. The standard InChI is InChI=1S/C15H12Cl3FO2/c1-20-12-6-5-10(15(21-2)14(12)18)13(17)9-4-3-8(19)7-11(9)16/h3-7,13H,1-2H3. The topological polar surface area (TPSA) is 18.5 Å². The number of benzene rings is 2. The van der Waals surface area contributed by atoms with Gasteiger partial charge < -0.3 is 9.47 Å². The summed E-state index contributed by atoms with van der Waals surface area (Å²) in [5.74, 6) is 0.454. The lowest BCUT2D eigenvalue weighted by atomic mass is 10.0. The summed E-state index contributed by atoms with van der Waals surface area (Å²) < 4.78 is 23.6. The van der Waals surface area contributed by atoms with E-state index in [1.807, 2.05) is 0 Å². The SMILES string of the molecule is COc1ccc(C(Cl)c2ccc(F)cc2Cl)c(OC)c1Cl. The first-order chi connectivity index (χ1) is 9.99. The number of methoxy groups -OCH3 is 2. The lowest BCUT2D eigenvalue weighted by Gasteiger charge is -2.18. The van der Waals surface area contributed by atoms with E-state index in [1.165, 1.54) is 32.4 Å². The highest BCUT2D eigenvalue weighted by Gasteiger charge is 2.22. The summed E-state index contributed by atoms with van der Waals surface area (Å²) in [6.45, 7) is 0. The zero-order valence-corrected chi connectivity index (χ0v) is 13.6. The van der Waals surface area contributed by atoms with Gasteiger partial charge in [-0.05, 0) is 29.8 Å². The van der Waals surface area contributed by atoms with Crippen molar-refractivity contribution in [2.75, 3.05) is 14.2 Å². The molecule has 0 aliphatic rings. The van der Waals surface area contributed by atoms with E-state index in [2.05, 4.69) is 0 Å². The Morgan fingerprint density at radius 2 is 1.67 bits per heavy atom. The molecule has 0 saturated carbocycles. The quantitative estimate of drug-likeness (QED) is 0.681. The first-order valence-corrected chi connectivity index (χ1v) is 7.18. The minimum absolute atomic E-state index is 0.240. The van der Waals surface area contributed by atoms with Crippen molar-refractivity contribution in [2.45, 2.75) is 5.38 Å². The third-order valence-electron chi connectivity index (χ3n) is 3.02. The molecule has 1 atom stereocenters. The van der Waals surface area contributed by atoms with Crippen LogP contribution in [0.4, 0.5) is 4.39 Å². The van der Waals surface area contributed by atoms with Crippen LogP contribution in [0.25, 0.3) is 0 Å². The minimum Gasteiger partial charge on any atom is -0.495 e. The fourth-order valence-electron chi connectivity index (χ4n) is 1.99. The summed E-state index contributed by atoms with van der Waals surface area (Å²) >= 11 is 18.7. The largest absolute Gasteiger partial charge is 0.495 e. The Hall–Kier alpha value is -1.16. The van der Waals surface area contributed by atoms with E-state index in [1.54, 1.807) is 12.1 Å². The van der Waals surface area contributed by atoms with Crippen LogP contribution < -0.4 is 9.47 Å². The third kappa shape index (κ3) is 3.20. The molecular formula is C15H12Cl3FO2. The number of ether oxygens (including phenoxy) is 2.